The highest BCUT2D eigenvalue weighted by Crippen LogP contribution is 2.25. The first kappa shape index (κ1) is 20.2. The van der Waals surface area contributed by atoms with Crippen LogP contribution < -0.4 is 4.74 Å². The molecule has 0 fully saturated rings. The van der Waals surface area contributed by atoms with Crippen molar-refractivity contribution in [1.29, 1.82) is 0 Å². The maximum absolute atomic E-state index is 5.95. The molecule has 0 bridgehead atoms. The summed E-state index contributed by atoms with van der Waals surface area (Å²) in [5.41, 5.74) is 4.58. The zero-order chi connectivity index (χ0) is 20.8. The minimum atomic E-state index is 0.605. The number of hydrogen-bond acceptors (Lipinski definition) is 5. The Morgan fingerprint density at radius 1 is 0.933 bits per heavy atom. The molecular formula is C24H24N4OS. The maximum atomic E-state index is 5.95. The molecule has 4 rings (SSSR count). The van der Waals surface area contributed by atoms with Gasteiger partial charge in [-0.15, -0.1) is 10.2 Å². The number of pyridine rings is 1. The fraction of sp³-hybridized carbons (Fsp3) is 0.208. The van der Waals surface area contributed by atoms with E-state index in [-0.39, 0.29) is 0 Å². The minimum Gasteiger partial charge on any atom is -0.493 e. The lowest BCUT2D eigenvalue weighted by Gasteiger charge is -2.11. The van der Waals surface area contributed by atoms with Crippen molar-refractivity contribution in [3.8, 4) is 17.1 Å². The van der Waals surface area contributed by atoms with Crippen LogP contribution in [0.3, 0.4) is 0 Å². The first-order valence-corrected chi connectivity index (χ1v) is 10.9. The van der Waals surface area contributed by atoms with Gasteiger partial charge in [0.2, 0.25) is 0 Å². The number of rotatable bonds is 8. The molecule has 0 aliphatic heterocycles. The van der Waals surface area contributed by atoms with E-state index < -0.39 is 0 Å². The summed E-state index contributed by atoms with van der Waals surface area (Å²) >= 11 is 1.65. The van der Waals surface area contributed by atoms with Crippen LogP contribution in [0, 0.1) is 13.8 Å². The Balaban J connectivity index is 1.48. The van der Waals surface area contributed by atoms with Crippen LogP contribution in [-0.2, 0) is 6.54 Å². The molecule has 152 valence electrons. The number of ether oxygens (including phenoxy) is 1. The van der Waals surface area contributed by atoms with Crippen LogP contribution in [0.2, 0.25) is 0 Å². The highest BCUT2D eigenvalue weighted by Gasteiger charge is 2.15. The van der Waals surface area contributed by atoms with E-state index in [9.17, 15) is 0 Å². The van der Waals surface area contributed by atoms with E-state index in [1.165, 1.54) is 16.7 Å². The molecule has 2 aromatic heterocycles. The maximum Gasteiger partial charge on any atom is 0.191 e. The number of nitrogens with zero attached hydrogens (tertiary/aromatic N) is 4. The monoisotopic (exact) mass is 416 g/mol. The van der Waals surface area contributed by atoms with E-state index in [0.29, 0.717) is 13.2 Å². The summed E-state index contributed by atoms with van der Waals surface area (Å²) in [5, 5.41) is 9.78. The molecule has 4 aromatic rings. The molecule has 0 saturated carbocycles. The normalized spacial score (nSPS) is 10.9. The molecule has 0 saturated heterocycles. The Labute approximate surface area is 181 Å². The van der Waals surface area contributed by atoms with Gasteiger partial charge in [-0.25, -0.2) is 0 Å². The lowest BCUT2D eigenvalue weighted by molar-refractivity contribution is 0.343. The van der Waals surface area contributed by atoms with Gasteiger partial charge in [0.05, 0.1) is 13.2 Å². The Hall–Kier alpha value is -3.12. The molecule has 0 unspecified atom stereocenters. The van der Waals surface area contributed by atoms with Gasteiger partial charge in [-0.3, -0.25) is 9.55 Å². The summed E-state index contributed by atoms with van der Waals surface area (Å²) in [6.45, 7) is 5.48. The minimum absolute atomic E-state index is 0.605. The smallest absolute Gasteiger partial charge is 0.191 e. The quantitative estimate of drug-likeness (QED) is 0.293. The fourth-order valence-electron chi connectivity index (χ4n) is 3.32. The summed E-state index contributed by atoms with van der Waals surface area (Å²) in [4.78, 5) is 4.23. The van der Waals surface area contributed by atoms with E-state index >= 15 is 0 Å². The van der Waals surface area contributed by atoms with Gasteiger partial charge in [0.1, 0.15) is 5.75 Å². The lowest BCUT2D eigenvalue weighted by atomic mass is 10.1. The van der Waals surface area contributed by atoms with Crippen LogP contribution in [-0.4, -0.2) is 32.1 Å². The zero-order valence-electron chi connectivity index (χ0n) is 17.2. The number of aromatic nitrogens is 4. The highest BCUT2D eigenvalue weighted by molar-refractivity contribution is 7.99. The van der Waals surface area contributed by atoms with Crippen LogP contribution in [0.25, 0.3) is 11.4 Å². The Bertz CT molecular complexity index is 1080. The SMILES string of the molecule is Cc1cc(C)cc(OCCSc2nnc(-c3cccnc3)n2Cc2ccccc2)c1. The Kier molecular flexibility index (Phi) is 6.44. The van der Waals surface area contributed by atoms with Gasteiger partial charge >= 0.3 is 0 Å². The van der Waals surface area contributed by atoms with Crippen molar-refractivity contribution >= 4 is 11.8 Å². The average Bonchev–Trinajstić information content (AvgIpc) is 3.14. The zero-order valence-corrected chi connectivity index (χ0v) is 18.0. The number of aryl methyl sites for hydroxylation is 2. The third kappa shape index (κ3) is 5.07. The highest BCUT2D eigenvalue weighted by atomic mass is 32.2. The molecule has 5 nitrogen and oxygen atoms in total. The van der Waals surface area contributed by atoms with Crippen molar-refractivity contribution < 1.29 is 4.74 Å². The van der Waals surface area contributed by atoms with Gasteiger partial charge in [-0.05, 0) is 54.8 Å². The fourth-order valence-corrected chi connectivity index (χ4v) is 4.08. The molecule has 6 heteroatoms. The third-order valence-corrected chi connectivity index (χ3v) is 5.53. The molecule has 0 aliphatic rings. The van der Waals surface area contributed by atoms with E-state index in [0.717, 1.165) is 28.0 Å². The summed E-state index contributed by atoms with van der Waals surface area (Å²) in [6, 6.07) is 20.6. The van der Waals surface area contributed by atoms with Crippen LogP contribution in [0.15, 0.2) is 78.2 Å². The molecular weight excluding hydrogens is 392 g/mol. The van der Waals surface area contributed by atoms with Crippen molar-refractivity contribution in [1.82, 2.24) is 19.7 Å². The van der Waals surface area contributed by atoms with Crippen LogP contribution >= 0.6 is 11.8 Å². The predicted octanol–water partition coefficient (Wildman–Crippen LogP) is 5.18. The second kappa shape index (κ2) is 9.59. The van der Waals surface area contributed by atoms with Crippen molar-refractivity contribution in [2.45, 2.75) is 25.5 Å². The summed E-state index contributed by atoms with van der Waals surface area (Å²) in [5.74, 6) is 2.52. The largest absolute Gasteiger partial charge is 0.493 e. The van der Waals surface area contributed by atoms with Gasteiger partial charge < -0.3 is 4.74 Å². The molecule has 0 aliphatic carbocycles. The molecule has 0 N–H and O–H groups in total. The van der Waals surface area contributed by atoms with Crippen LogP contribution in [0.1, 0.15) is 16.7 Å². The third-order valence-electron chi connectivity index (χ3n) is 4.60. The van der Waals surface area contributed by atoms with E-state index in [2.05, 4.69) is 63.9 Å². The van der Waals surface area contributed by atoms with E-state index in [1.807, 2.05) is 36.5 Å². The molecule has 0 atom stereocenters. The summed E-state index contributed by atoms with van der Waals surface area (Å²) in [7, 11) is 0. The Morgan fingerprint density at radius 2 is 1.73 bits per heavy atom. The van der Waals surface area contributed by atoms with Crippen LogP contribution in [0.5, 0.6) is 5.75 Å². The number of benzene rings is 2. The van der Waals surface area contributed by atoms with Gasteiger partial charge in [0.25, 0.3) is 0 Å². The number of hydrogen-bond donors (Lipinski definition) is 0. The molecule has 2 heterocycles. The van der Waals surface area contributed by atoms with Gasteiger partial charge in [-0.1, -0.05) is 48.2 Å². The topological polar surface area (TPSA) is 52.8 Å². The van der Waals surface area contributed by atoms with Crippen LogP contribution in [0.4, 0.5) is 0 Å². The van der Waals surface area contributed by atoms with Gasteiger partial charge in [-0.2, -0.15) is 0 Å². The average molecular weight is 417 g/mol. The number of thioether (sulfide) groups is 1. The standard InChI is InChI=1S/C24H24N4OS/c1-18-13-19(2)15-22(14-18)29-11-12-30-24-27-26-23(21-9-6-10-25-16-21)28(24)17-20-7-4-3-5-8-20/h3-10,13-16H,11-12,17H2,1-2H3. The molecule has 0 amide bonds. The lowest BCUT2D eigenvalue weighted by Crippen LogP contribution is -2.06. The molecule has 30 heavy (non-hydrogen) atoms. The second-order valence-corrected chi connectivity index (χ2v) is 8.20. The molecule has 0 spiro atoms. The van der Waals surface area contributed by atoms with Crippen molar-refractivity contribution in [3.63, 3.8) is 0 Å². The van der Waals surface area contributed by atoms with E-state index in [1.54, 1.807) is 18.0 Å². The van der Waals surface area contributed by atoms with Gasteiger partial charge in [0, 0.05) is 23.7 Å². The Morgan fingerprint density at radius 3 is 2.47 bits per heavy atom. The first-order valence-electron chi connectivity index (χ1n) is 9.90. The van der Waals surface area contributed by atoms with Crippen molar-refractivity contribution in [2.24, 2.45) is 0 Å². The summed E-state index contributed by atoms with van der Waals surface area (Å²) < 4.78 is 8.10. The predicted molar refractivity (Wildman–Crippen MR) is 121 cm³/mol. The van der Waals surface area contributed by atoms with Crippen molar-refractivity contribution in [2.75, 3.05) is 12.4 Å². The van der Waals surface area contributed by atoms with E-state index in [4.69, 9.17) is 4.74 Å². The summed E-state index contributed by atoms with van der Waals surface area (Å²) in [6.07, 6.45) is 3.59. The molecule has 2 aromatic carbocycles. The molecule has 0 radical (unpaired) electrons. The first-order chi connectivity index (χ1) is 14.7. The second-order valence-electron chi connectivity index (χ2n) is 7.14. The van der Waals surface area contributed by atoms with Gasteiger partial charge in [0.15, 0.2) is 11.0 Å². The van der Waals surface area contributed by atoms with Crippen molar-refractivity contribution in [3.05, 3.63) is 89.7 Å².